The first-order valence-electron chi connectivity index (χ1n) is 7.67. The van der Waals surface area contributed by atoms with Crippen LogP contribution in [0, 0.1) is 0 Å². The van der Waals surface area contributed by atoms with Crippen molar-refractivity contribution < 1.29 is 21.6 Å². The average Bonchev–Trinajstić information content (AvgIpc) is 2.59. The molecule has 2 aromatic carbocycles. The van der Waals surface area contributed by atoms with Crippen molar-refractivity contribution in [3.05, 3.63) is 58.8 Å². The fourth-order valence-corrected chi connectivity index (χ4v) is 2.70. The van der Waals surface area contributed by atoms with Gasteiger partial charge in [0.1, 0.15) is 11.1 Å². The average molecular weight is 389 g/mol. The first kappa shape index (κ1) is 18.5. The maximum atomic E-state index is 12.9. The van der Waals surface area contributed by atoms with Crippen LogP contribution in [0.15, 0.2) is 68.1 Å². The van der Waals surface area contributed by atoms with Crippen LogP contribution >= 0.6 is 0 Å². The third-order valence-electron chi connectivity index (χ3n) is 3.42. The summed E-state index contributed by atoms with van der Waals surface area (Å²) in [5, 5.41) is 9.59. The molecule has 0 aliphatic carbocycles. The van der Waals surface area contributed by atoms with Crippen molar-refractivity contribution in [1.82, 2.24) is 5.01 Å². The van der Waals surface area contributed by atoms with Gasteiger partial charge in [-0.1, -0.05) is 29.5 Å². The number of benzene rings is 2. The number of nitrogens with zero attached hydrogens (tertiary/aromatic N) is 3. The lowest BCUT2D eigenvalue weighted by atomic mass is 10.0. The van der Waals surface area contributed by atoms with E-state index in [1.165, 1.54) is 23.2 Å². The first-order valence-corrected chi connectivity index (χ1v) is 9.03. The van der Waals surface area contributed by atoms with Crippen LogP contribution in [0.5, 0.6) is 5.95 Å². The maximum Gasteiger partial charge on any atom is 0.449 e. The molecule has 0 bridgehead atoms. The van der Waals surface area contributed by atoms with Crippen molar-refractivity contribution in [1.29, 1.82) is 0 Å². The molecule has 140 valence electrons. The monoisotopic (exact) mass is 389 g/mol. The molecule has 0 fully saturated rings. The van der Waals surface area contributed by atoms with Crippen LogP contribution in [-0.2, 0) is 10.4 Å². The van der Waals surface area contributed by atoms with Gasteiger partial charge in [0.25, 0.3) is 0 Å². The van der Waals surface area contributed by atoms with Gasteiger partial charge in [-0.05, 0) is 29.8 Å². The quantitative estimate of drug-likeness (QED) is 0.404. The third kappa shape index (κ3) is 4.30. The van der Waals surface area contributed by atoms with E-state index in [0.717, 1.165) is 0 Å². The summed E-state index contributed by atoms with van der Waals surface area (Å²) in [6.07, 6.45) is 0. The van der Waals surface area contributed by atoms with Gasteiger partial charge in [0.05, 0.1) is 11.1 Å². The van der Waals surface area contributed by atoms with Crippen LogP contribution in [0.2, 0.25) is 0 Å². The fourth-order valence-electron chi connectivity index (χ4n) is 2.39. The summed E-state index contributed by atoms with van der Waals surface area (Å²) >= 11 is 0. The van der Waals surface area contributed by atoms with Crippen molar-refractivity contribution in [2.75, 3.05) is 14.1 Å². The minimum Gasteiger partial charge on any atom is -0.424 e. The highest BCUT2D eigenvalue weighted by atomic mass is 32.3. The zero-order valence-corrected chi connectivity index (χ0v) is 15.2. The molecule has 0 saturated heterocycles. The van der Waals surface area contributed by atoms with Crippen molar-refractivity contribution >= 4 is 27.1 Å². The molecule has 27 heavy (non-hydrogen) atoms. The molecule has 9 nitrogen and oxygen atoms in total. The predicted octanol–water partition coefficient (Wildman–Crippen LogP) is 3.20. The molecule has 1 aromatic heterocycles. The highest BCUT2D eigenvalue weighted by molar-refractivity contribution is 7.81. The van der Waals surface area contributed by atoms with Crippen LogP contribution in [0.1, 0.15) is 0 Å². The molecule has 10 heteroatoms. The molecule has 0 aliphatic heterocycles. The number of para-hydroxylation sites is 1. The van der Waals surface area contributed by atoms with Crippen molar-refractivity contribution in [2.45, 2.75) is 0 Å². The predicted molar refractivity (Wildman–Crippen MR) is 98.3 cm³/mol. The van der Waals surface area contributed by atoms with Crippen LogP contribution < -0.4 is 9.61 Å². The summed E-state index contributed by atoms with van der Waals surface area (Å²) in [6.45, 7) is 0. The van der Waals surface area contributed by atoms with Gasteiger partial charge in [-0.3, -0.25) is 14.4 Å². The summed E-state index contributed by atoms with van der Waals surface area (Å²) in [4.78, 5) is 12.9. The van der Waals surface area contributed by atoms with Gasteiger partial charge in [0.15, 0.2) is 0 Å². The Morgan fingerprint density at radius 1 is 1.11 bits per heavy atom. The van der Waals surface area contributed by atoms with Crippen LogP contribution in [0.3, 0.4) is 0 Å². The molecule has 1 N–H and O–H groups in total. The Morgan fingerprint density at radius 3 is 2.56 bits per heavy atom. The Bertz CT molecular complexity index is 1180. The Morgan fingerprint density at radius 2 is 1.85 bits per heavy atom. The van der Waals surface area contributed by atoms with Gasteiger partial charge >= 0.3 is 16.3 Å². The number of hydrogen-bond donors (Lipinski definition) is 1. The van der Waals surface area contributed by atoms with E-state index in [9.17, 15) is 13.2 Å². The number of hydrogen-bond acceptors (Lipinski definition) is 7. The molecule has 0 radical (unpaired) electrons. The molecule has 0 unspecified atom stereocenters. The van der Waals surface area contributed by atoms with Gasteiger partial charge in [0.2, 0.25) is 5.43 Å². The highest BCUT2D eigenvalue weighted by Crippen LogP contribution is 2.33. The smallest absolute Gasteiger partial charge is 0.424 e. The first-order chi connectivity index (χ1) is 12.7. The summed E-state index contributed by atoms with van der Waals surface area (Å²) in [6, 6.07) is 12.6. The second-order valence-corrected chi connectivity index (χ2v) is 6.71. The molecule has 0 amide bonds. The van der Waals surface area contributed by atoms with Crippen molar-refractivity contribution in [3.8, 4) is 17.1 Å². The zero-order valence-electron chi connectivity index (χ0n) is 14.4. The van der Waals surface area contributed by atoms with E-state index in [0.29, 0.717) is 11.3 Å². The van der Waals surface area contributed by atoms with Crippen LogP contribution in [0.25, 0.3) is 22.1 Å². The standard InChI is InChI=1S/C17H15N3O6S/c1-20(2)19-18-12-7-5-6-11(10-12)15-16(21)13-8-3-4-9-14(13)25-17(15)26-27(22,23)24/h3-10H,1-2H3,(H,22,23,24). The Labute approximate surface area is 154 Å². The van der Waals surface area contributed by atoms with Gasteiger partial charge in [-0.2, -0.15) is 8.42 Å². The summed E-state index contributed by atoms with van der Waals surface area (Å²) in [5.74, 6) is -0.636. The highest BCUT2D eigenvalue weighted by Gasteiger charge is 2.22. The van der Waals surface area contributed by atoms with E-state index in [1.807, 2.05) is 0 Å². The fraction of sp³-hybridized carbons (Fsp3) is 0.118. The van der Waals surface area contributed by atoms with Crippen molar-refractivity contribution in [3.63, 3.8) is 0 Å². The van der Waals surface area contributed by atoms with E-state index < -0.39 is 21.8 Å². The third-order valence-corrected chi connectivity index (χ3v) is 3.78. The maximum absolute atomic E-state index is 12.9. The van der Waals surface area contributed by atoms with Gasteiger partial charge in [0, 0.05) is 14.1 Å². The SMILES string of the molecule is CN(C)N=Nc1cccc(-c2c(OS(=O)(=O)O)oc3ccccc3c2=O)c1. The molecule has 0 spiro atoms. The van der Waals surface area contributed by atoms with E-state index in [4.69, 9.17) is 8.97 Å². The Balaban J connectivity index is 2.26. The normalized spacial score (nSPS) is 11.8. The van der Waals surface area contributed by atoms with E-state index in [2.05, 4.69) is 14.5 Å². The molecule has 0 aliphatic rings. The lowest BCUT2D eigenvalue weighted by Gasteiger charge is -2.09. The van der Waals surface area contributed by atoms with Gasteiger partial charge < -0.3 is 8.60 Å². The van der Waals surface area contributed by atoms with E-state index >= 15 is 0 Å². The zero-order chi connectivity index (χ0) is 19.6. The van der Waals surface area contributed by atoms with E-state index in [1.54, 1.807) is 44.4 Å². The number of fused-ring (bicyclic) bond motifs is 1. The van der Waals surface area contributed by atoms with Crippen molar-refractivity contribution in [2.24, 2.45) is 10.3 Å². The molecular formula is C17H15N3O6S. The Hall–Kier alpha value is -3.24. The van der Waals surface area contributed by atoms with Crippen LogP contribution in [0.4, 0.5) is 5.69 Å². The summed E-state index contributed by atoms with van der Waals surface area (Å²) in [7, 11) is -1.51. The summed E-state index contributed by atoms with van der Waals surface area (Å²) in [5.41, 5.74) is 0.161. The second-order valence-electron chi connectivity index (χ2n) is 5.69. The molecule has 3 aromatic rings. The lowest BCUT2D eigenvalue weighted by molar-refractivity contribution is 0.338. The second kappa shape index (κ2) is 7.17. The largest absolute Gasteiger partial charge is 0.449 e. The molecular weight excluding hydrogens is 374 g/mol. The lowest BCUT2D eigenvalue weighted by Crippen LogP contribution is -2.13. The molecule has 0 atom stereocenters. The minimum absolute atomic E-state index is 0.119. The topological polar surface area (TPSA) is 122 Å². The molecule has 1 heterocycles. The molecule has 3 rings (SSSR count). The van der Waals surface area contributed by atoms with Crippen LogP contribution in [-0.4, -0.2) is 32.1 Å². The minimum atomic E-state index is -4.91. The molecule has 0 saturated carbocycles. The van der Waals surface area contributed by atoms with E-state index in [-0.39, 0.29) is 16.5 Å². The Kier molecular flexibility index (Phi) is 4.93. The summed E-state index contributed by atoms with van der Waals surface area (Å²) < 4.78 is 41.4. The van der Waals surface area contributed by atoms with Gasteiger partial charge in [-0.15, -0.1) is 5.11 Å². The van der Waals surface area contributed by atoms with Gasteiger partial charge in [-0.25, -0.2) is 0 Å². The number of rotatable bonds is 5.